The van der Waals surface area contributed by atoms with Gasteiger partial charge < -0.3 is 15.1 Å². The van der Waals surface area contributed by atoms with Gasteiger partial charge in [0.25, 0.3) is 0 Å². The molecule has 0 aliphatic rings. The van der Waals surface area contributed by atoms with Crippen molar-refractivity contribution in [2.24, 2.45) is 0 Å². The predicted molar refractivity (Wildman–Crippen MR) is 85.1 cm³/mol. The molecule has 4 nitrogen and oxygen atoms in total. The van der Waals surface area contributed by atoms with Gasteiger partial charge in [0.05, 0.1) is 0 Å². The Morgan fingerprint density at radius 2 is 1.85 bits per heavy atom. The third-order valence-corrected chi connectivity index (χ3v) is 3.16. The zero-order chi connectivity index (χ0) is 14.8. The van der Waals surface area contributed by atoms with E-state index in [-0.39, 0.29) is 5.91 Å². The van der Waals surface area contributed by atoms with Gasteiger partial charge in [0.2, 0.25) is 5.91 Å². The van der Waals surface area contributed by atoms with Crippen LogP contribution < -0.4 is 10.2 Å². The summed E-state index contributed by atoms with van der Waals surface area (Å²) in [4.78, 5) is 16.2. The van der Waals surface area contributed by atoms with Crippen LogP contribution >= 0.6 is 0 Å². The molecule has 0 radical (unpaired) electrons. The van der Waals surface area contributed by atoms with Crippen LogP contribution in [0.4, 0.5) is 5.69 Å². The molecule has 1 rings (SSSR count). The highest BCUT2D eigenvalue weighted by atomic mass is 16.2. The van der Waals surface area contributed by atoms with E-state index in [4.69, 9.17) is 0 Å². The molecule has 0 heterocycles. The number of rotatable bonds is 9. The van der Waals surface area contributed by atoms with Crippen LogP contribution in [0.25, 0.3) is 0 Å². The molecular formula is C16H27N3O. The predicted octanol–water partition coefficient (Wildman–Crippen LogP) is 1.97. The first-order valence-corrected chi connectivity index (χ1v) is 7.36. The van der Waals surface area contributed by atoms with E-state index >= 15 is 0 Å². The lowest BCUT2D eigenvalue weighted by atomic mass is 10.2. The second kappa shape index (κ2) is 9.50. The molecule has 0 bridgehead atoms. The third-order valence-electron chi connectivity index (χ3n) is 3.16. The van der Waals surface area contributed by atoms with E-state index in [9.17, 15) is 4.79 Å². The molecule has 1 aromatic rings. The maximum atomic E-state index is 12.2. The summed E-state index contributed by atoms with van der Waals surface area (Å²) in [5, 5.41) is 3.33. The number of nitrogens with one attached hydrogen (secondary N) is 1. The maximum absolute atomic E-state index is 12.2. The minimum absolute atomic E-state index is 0.179. The number of para-hydroxylation sites is 1. The Balaban J connectivity index is 2.27. The minimum atomic E-state index is 0.179. The quantitative estimate of drug-likeness (QED) is 0.701. The van der Waals surface area contributed by atoms with E-state index in [0.717, 1.165) is 31.7 Å². The molecule has 1 N–H and O–H groups in total. The van der Waals surface area contributed by atoms with Crippen molar-refractivity contribution in [2.45, 2.75) is 19.8 Å². The summed E-state index contributed by atoms with van der Waals surface area (Å²) in [7, 11) is 4.14. The maximum Gasteiger partial charge on any atom is 0.228 e. The molecule has 0 fully saturated rings. The summed E-state index contributed by atoms with van der Waals surface area (Å²) in [6, 6.07) is 9.85. The van der Waals surface area contributed by atoms with Gasteiger partial charge >= 0.3 is 0 Å². The van der Waals surface area contributed by atoms with Gasteiger partial charge in [0.1, 0.15) is 0 Å². The van der Waals surface area contributed by atoms with Gasteiger partial charge in [0, 0.05) is 25.2 Å². The van der Waals surface area contributed by atoms with Crippen LogP contribution in [0, 0.1) is 0 Å². The van der Waals surface area contributed by atoms with Crippen molar-refractivity contribution in [3.8, 4) is 0 Å². The smallest absolute Gasteiger partial charge is 0.228 e. The zero-order valence-corrected chi connectivity index (χ0v) is 12.9. The number of carbonyl (C=O) groups is 1. The molecule has 0 aliphatic heterocycles. The fourth-order valence-electron chi connectivity index (χ4n) is 2.09. The number of hydrogen-bond donors (Lipinski definition) is 1. The van der Waals surface area contributed by atoms with E-state index < -0.39 is 0 Å². The average molecular weight is 277 g/mol. The van der Waals surface area contributed by atoms with Crippen molar-refractivity contribution in [3.63, 3.8) is 0 Å². The van der Waals surface area contributed by atoms with Gasteiger partial charge in [-0.25, -0.2) is 0 Å². The molecule has 1 amide bonds. The summed E-state index contributed by atoms with van der Waals surface area (Å²) in [5.74, 6) is 0.179. The Morgan fingerprint density at radius 1 is 1.15 bits per heavy atom. The van der Waals surface area contributed by atoms with Crippen molar-refractivity contribution in [2.75, 3.05) is 45.2 Å². The highest BCUT2D eigenvalue weighted by Gasteiger charge is 2.12. The summed E-state index contributed by atoms with van der Waals surface area (Å²) in [6.45, 7) is 5.50. The van der Waals surface area contributed by atoms with Crippen molar-refractivity contribution in [1.82, 2.24) is 10.2 Å². The first kappa shape index (κ1) is 16.7. The fourth-order valence-corrected chi connectivity index (χ4v) is 2.09. The van der Waals surface area contributed by atoms with Crippen molar-refractivity contribution >= 4 is 11.6 Å². The highest BCUT2D eigenvalue weighted by molar-refractivity contribution is 5.93. The van der Waals surface area contributed by atoms with E-state index in [2.05, 4.69) is 24.3 Å². The standard InChI is InChI=1S/C16H27N3O/c1-4-19(15-9-6-5-7-10-15)16(20)11-13-17-12-8-14-18(2)3/h5-7,9-10,17H,4,8,11-14H2,1-3H3. The topological polar surface area (TPSA) is 35.6 Å². The van der Waals surface area contributed by atoms with E-state index in [1.807, 2.05) is 42.2 Å². The molecule has 0 aromatic heterocycles. The third kappa shape index (κ3) is 6.17. The molecule has 20 heavy (non-hydrogen) atoms. The molecular weight excluding hydrogens is 250 g/mol. The number of carbonyl (C=O) groups excluding carboxylic acids is 1. The van der Waals surface area contributed by atoms with Crippen molar-refractivity contribution in [1.29, 1.82) is 0 Å². The monoisotopic (exact) mass is 277 g/mol. The van der Waals surface area contributed by atoms with Gasteiger partial charge in [-0.1, -0.05) is 18.2 Å². The number of amides is 1. The Kier molecular flexibility index (Phi) is 7.92. The zero-order valence-electron chi connectivity index (χ0n) is 12.9. The van der Waals surface area contributed by atoms with Crippen LogP contribution in [0.2, 0.25) is 0 Å². The lowest BCUT2D eigenvalue weighted by Gasteiger charge is -2.21. The number of hydrogen-bond acceptors (Lipinski definition) is 3. The Labute approximate surface area is 122 Å². The molecule has 0 saturated carbocycles. The Morgan fingerprint density at radius 3 is 2.45 bits per heavy atom. The summed E-state index contributed by atoms with van der Waals surface area (Å²) in [6.07, 6.45) is 1.65. The fraction of sp³-hybridized carbons (Fsp3) is 0.562. The van der Waals surface area contributed by atoms with Gasteiger partial charge in [-0.2, -0.15) is 0 Å². The lowest BCUT2D eigenvalue weighted by Crippen LogP contribution is -2.33. The molecule has 0 saturated heterocycles. The van der Waals surface area contributed by atoms with Crippen molar-refractivity contribution < 1.29 is 4.79 Å². The second-order valence-electron chi connectivity index (χ2n) is 5.13. The molecule has 0 spiro atoms. The average Bonchev–Trinajstić information content (AvgIpc) is 2.44. The first-order valence-electron chi connectivity index (χ1n) is 7.36. The molecule has 1 aromatic carbocycles. The lowest BCUT2D eigenvalue weighted by molar-refractivity contribution is -0.118. The Bertz CT molecular complexity index is 379. The van der Waals surface area contributed by atoms with E-state index in [1.165, 1.54) is 0 Å². The summed E-state index contributed by atoms with van der Waals surface area (Å²) < 4.78 is 0. The molecule has 0 unspecified atom stereocenters. The SMILES string of the molecule is CCN(C(=O)CCNCCCN(C)C)c1ccccc1. The van der Waals surface area contributed by atoms with Crippen LogP contribution in [0.15, 0.2) is 30.3 Å². The molecule has 0 atom stereocenters. The van der Waals surface area contributed by atoms with Crippen LogP contribution in [-0.4, -0.2) is 51.1 Å². The van der Waals surface area contributed by atoms with Gasteiger partial charge in [-0.15, -0.1) is 0 Å². The van der Waals surface area contributed by atoms with Gasteiger partial charge in [0.15, 0.2) is 0 Å². The highest BCUT2D eigenvalue weighted by Crippen LogP contribution is 2.13. The minimum Gasteiger partial charge on any atom is -0.316 e. The van der Waals surface area contributed by atoms with Crippen LogP contribution in [0.3, 0.4) is 0 Å². The summed E-state index contributed by atoms with van der Waals surface area (Å²) >= 11 is 0. The largest absolute Gasteiger partial charge is 0.316 e. The number of anilines is 1. The van der Waals surface area contributed by atoms with Crippen LogP contribution in [-0.2, 0) is 4.79 Å². The molecule has 0 aliphatic carbocycles. The van der Waals surface area contributed by atoms with Gasteiger partial charge in [-0.05, 0) is 52.7 Å². The Hall–Kier alpha value is -1.39. The molecule has 4 heteroatoms. The van der Waals surface area contributed by atoms with Crippen LogP contribution in [0.5, 0.6) is 0 Å². The van der Waals surface area contributed by atoms with Gasteiger partial charge in [-0.3, -0.25) is 4.79 Å². The summed E-state index contributed by atoms with van der Waals surface area (Å²) in [5.41, 5.74) is 0.979. The molecule has 112 valence electrons. The first-order chi connectivity index (χ1) is 9.65. The van der Waals surface area contributed by atoms with E-state index in [1.54, 1.807) is 0 Å². The van der Waals surface area contributed by atoms with Crippen molar-refractivity contribution in [3.05, 3.63) is 30.3 Å². The van der Waals surface area contributed by atoms with E-state index in [0.29, 0.717) is 13.0 Å². The number of nitrogens with zero attached hydrogens (tertiary/aromatic N) is 2. The normalized spacial score (nSPS) is 10.8. The second-order valence-corrected chi connectivity index (χ2v) is 5.13. The number of benzene rings is 1. The van der Waals surface area contributed by atoms with Crippen LogP contribution in [0.1, 0.15) is 19.8 Å².